The Kier molecular flexibility index (Phi) is 7.49. The highest BCUT2D eigenvalue weighted by Gasteiger charge is 2.22. The smallest absolute Gasteiger partial charge is 0.160 e. The van der Waals surface area contributed by atoms with Crippen LogP contribution >= 0.6 is 0 Å². The van der Waals surface area contributed by atoms with Crippen LogP contribution in [0.1, 0.15) is 0 Å². The molecule has 1 aliphatic rings. The van der Waals surface area contributed by atoms with E-state index in [1.165, 1.54) is 49.7 Å². The third-order valence-electron chi connectivity index (χ3n) is 11.2. The van der Waals surface area contributed by atoms with Crippen molar-refractivity contribution in [2.75, 3.05) is 0 Å². The van der Waals surface area contributed by atoms with Gasteiger partial charge < -0.3 is 0 Å². The van der Waals surface area contributed by atoms with Crippen molar-refractivity contribution >= 4 is 21.7 Å². The van der Waals surface area contributed by atoms with Gasteiger partial charge in [-0.1, -0.05) is 176 Å². The number of hydrogen-bond acceptors (Lipinski definition) is 3. The second-order valence-corrected chi connectivity index (χ2v) is 14.4. The Morgan fingerprint density at radius 3 is 1.43 bits per heavy atom. The number of para-hydroxylation sites is 1. The molecule has 0 fully saturated rings. The maximum atomic E-state index is 5.08. The second-order valence-electron chi connectivity index (χ2n) is 14.4. The molecule has 0 spiro atoms. The van der Waals surface area contributed by atoms with Gasteiger partial charge in [-0.3, -0.25) is 4.98 Å². The molecule has 0 radical (unpaired) electrons. The van der Waals surface area contributed by atoms with Crippen molar-refractivity contribution in [1.82, 2.24) is 15.0 Å². The topological polar surface area (TPSA) is 38.7 Å². The van der Waals surface area contributed by atoms with Crippen LogP contribution in [0.4, 0.5) is 0 Å². The van der Waals surface area contributed by atoms with Crippen LogP contribution in [0.5, 0.6) is 0 Å². The molecule has 0 aliphatic heterocycles. The predicted octanol–water partition coefficient (Wildman–Crippen LogP) is 13.8. The summed E-state index contributed by atoms with van der Waals surface area (Å²) in [5.41, 5.74) is 18.2. The lowest BCUT2D eigenvalue weighted by molar-refractivity contribution is 1.18. The molecule has 2 heterocycles. The van der Waals surface area contributed by atoms with E-state index in [1.54, 1.807) is 0 Å². The van der Waals surface area contributed by atoms with E-state index in [-0.39, 0.29) is 0 Å². The lowest BCUT2D eigenvalue weighted by Gasteiger charge is -2.12. The Morgan fingerprint density at radius 2 is 0.768 bits per heavy atom. The van der Waals surface area contributed by atoms with Gasteiger partial charge in [-0.2, -0.15) is 0 Å². The highest BCUT2D eigenvalue weighted by Crippen LogP contribution is 2.49. The van der Waals surface area contributed by atoms with E-state index < -0.39 is 0 Å². The standard InChI is InChI=1S/C53H33N3/c1-2-9-40(10-3-1)53-55-50(33-51(56-53)39-27-23-37(24-28-39)42-31-32-54-49-16-7-6-13-45(42)49)38-25-19-35(20-26-38)34-17-21-36(22-18-34)41-29-30-48-44-12-5-4-11-43(44)47-15-8-14-46(41)52(47)48/h1-33H. The summed E-state index contributed by atoms with van der Waals surface area (Å²) in [5.74, 6) is 0.703. The highest BCUT2D eigenvalue weighted by atomic mass is 14.9. The van der Waals surface area contributed by atoms with Crippen molar-refractivity contribution in [1.29, 1.82) is 0 Å². The molecular weight excluding hydrogens is 679 g/mol. The van der Waals surface area contributed by atoms with Crippen LogP contribution in [-0.4, -0.2) is 15.0 Å². The molecule has 11 rings (SSSR count). The minimum absolute atomic E-state index is 0.703. The van der Waals surface area contributed by atoms with Crippen LogP contribution in [0.15, 0.2) is 200 Å². The maximum Gasteiger partial charge on any atom is 0.160 e. The van der Waals surface area contributed by atoms with E-state index in [1.807, 2.05) is 30.5 Å². The van der Waals surface area contributed by atoms with Gasteiger partial charge in [0, 0.05) is 28.3 Å². The Morgan fingerprint density at radius 1 is 0.286 bits per heavy atom. The van der Waals surface area contributed by atoms with E-state index in [4.69, 9.17) is 9.97 Å². The van der Waals surface area contributed by atoms with Gasteiger partial charge in [-0.25, -0.2) is 9.97 Å². The van der Waals surface area contributed by atoms with Crippen molar-refractivity contribution in [2.24, 2.45) is 0 Å². The first-order valence-electron chi connectivity index (χ1n) is 19.0. The summed E-state index contributed by atoms with van der Waals surface area (Å²) >= 11 is 0. The third-order valence-corrected chi connectivity index (χ3v) is 11.2. The third kappa shape index (κ3) is 5.40. The zero-order valence-electron chi connectivity index (χ0n) is 30.4. The minimum Gasteiger partial charge on any atom is -0.256 e. The molecule has 0 atom stereocenters. The Balaban J connectivity index is 0.911. The van der Waals surface area contributed by atoms with Crippen molar-refractivity contribution in [3.63, 3.8) is 0 Å². The van der Waals surface area contributed by atoms with Gasteiger partial charge in [0.2, 0.25) is 0 Å². The molecule has 0 saturated heterocycles. The summed E-state index contributed by atoms with van der Waals surface area (Å²) in [6.45, 7) is 0. The largest absolute Gasteiger partial charge is 0.256 e. The van der Waals surface area contributed by atoms with Gasteiger partial charge in [0.15, 0.2) is 5.82 Å². The van der Waals surface area contributed by atoms with Crippen molar-refractivity contribution in [3.05, 3.63) is 200 Å². The molecule has 0 saturated carbocycles. The zero-order chi connectivity index (χ0) is 37.0. The molecule has 0 unspecified atom stereocenters. The van der Waals surface area contributed by atoms with E-state index >= 15 is 0 Å². The Bertz CT molecular complexity index is 3060. The summed E-state index contributed by atoms with van der Waals surface area (Å²) < 4.78 is 0. The first-order valence-corrected chi connectivity index (χ1v) is 19.0. The highest BCUT2D eigenvalue weighted by molar-refractivity contribution is 6.18. The van der Waals surface area contributed by atoms with E-state index in [9.17, 15) is 0 Å². The van der Waals surface area contributed by atoms with E-state index in [0.29, 0.717) is 5.82 Å². The minimum atomic E-state index is 0.703. The summed E-state index contributed by atoms with van der Waals surface area (Å²) in [7, 11) is 0. The van der Waals surface area contributed by atoms with Crippen LogP contribution in [0, 0.1) is 0 Å². The van der Waals surface area contributed by atoms with Gasteiger partial charge in [0.1, 0.15) is 0 Å². The first kappa shape index (κ1) is 32.0. The number of nitrogens with zero attached hydrogens (tertiary/aromatic N) is 3. The van der Waals surface area contributed by atoms with Gasteiger partial charge in [-0.05, 0) is 84.6 Å². The van der Waals surface area contributed by atoms with Crippen LogP contribution in [0.3, 0.4) is 0 Å². The van der Waals surface area contributed by atoms with E-state index in [2.05, 4.69) is 175 Å². The molecule has 1 aliphatic carbocycles. The SMILES string of the molecule is c1ccc(-c2nc(-c3ccc(-c4ccc(-c5ccc6c7c(cccc57)-c5ccccc5-6)cc4)cc3)cc(-c3ccc(-c4ccnc5ccccc45)cc3)n2)cc1. The fourth-order valence-corrected chi connectivity index (χ4v) is 8.36. The van der Waals surface area contributed by atoms with Crippen LogP contribution in [0.25, 0.3) is 111 Å². The van der Waals surface area contributed by atoms with Crippen molar-refractivity contribution < 1.29 is 0 Å². The maximum absolute atomic E-state index is 5.08. The fraction of sp³-hybridized carbons (Fsp3) is 0. The predicted molar refractivity (Wildman–Crippen MR) is 232 cm³/mol. The summed E-state index contributed by atoms with van der Waals surface area (Å²) in [5, 5.41) is 3.79. The Labute approximate surface area is 325 Å². The number of aromatic nitrogens is 3. The summed E-state index contributed by atoms with van der Waals surface area (Å²) in [4.78, 5) is 14.7. The normalized spacial score (nSPS) is 11.6. The van der Waals surface area contributed by atoms with Gasteiger partial charge in [0.05, 0.1) is 16.9 Å². The lowest BCUT2D eigenvalue weighted by atomic mass is 9.93. The molecule has 0 bridgehead atoms. The average Bonchev–Trinajstić information content (AvgIpc) is 3.61. The second kappa shape index (κ2) is 13.1. The number of hydrogen-bond donors (Lipinski definition) is 0. The van der Waals surface area contributed by atoms with Crippen molar-refractivity contribution in [2.45, 2.75) is 0 Å². The molecule has 0 amide bonds. The number of pyridine rings is 1. The van der Waals surface area contributed by atoms with E-state index in [0.717, 1.165) is 55.7 Å². The first-order chi connectivity index (χ1) is 27.7. The summed E-state index contributed by atoms with van der Waals surface area (Å²) in [6, 6.07) is 69.0. The number of benzene rings is 8. The fourth-order valence-electron chi connectivity index (χ4n) is 8.36. The summed E-state index contributed by atoms with van der Waals surface area (Å²) in [6.07, 6.45) is 1.88. The molecule has 0 N–H and O–H groups in total. The van der Waals surface area contributed by atoms with Crippen LogP contribution in [0.2, 0.25) is 0 Å². The molecule has 8 aromatic carbocycles. The van der Waals surface area contributed by atoms with Gasteiger partial charge in [0.25, 0.3) is 0 Å². The number of rotatable bonds is 6. The van der Waals surface area contributed by atoms with Gasteiger partial charge in [-0.15, -0.1) is 0 Å². The monoisotopic (exact) mass is 711 g/mol. The molecule has 3 heteroatoms. The Hall–Kier alpha value is -7.49. The van der Waals surface area contributed by atoms with Crippen LogP contribution in [-0.2, 0) is 0 Å². The average molecular weight is 712 g/mol. The zero-order valence-corrected chi connectivity index (χ0v) is 30.4. The molecular formula is C53H33N3. The number of fused-ring (bicyclic) bond motifs is 4. The van der Waals surface area contributed by atoms with Crippen molar-refractivity contribution in [3.8, 4) is 89.5 Å². The van der Waals surface area contributed by atoms with Gasteiger partial charge >= 0.3 is 0 Å². The quantitative estimate of drug-likeness (QED) is 0.172. The van der Waals surface area contributed by atoms with Crippen LogP contribution < -0.4 is 0 Å². The lowest BCUT2D eigenvalue weighted by Crippen LogP contribution is -1.96. The molecule has 2 aromatic heterocycles. The molecule has 10 aromatic rings. The molecule has 56 heavy (non-hydrogen) atoms. The molecule has 260 valence electrons. The molecule has 3 nitrogen and oxygen atoms in total.